The molecule has 17 nitrogen and oxygen atoms in total. The minimum absolute atomic E-state index is 0.107. The first kappa shape index (κ1) is 97.1. The minimum atomic E-state index is -4.96. The van der Waals surface area contributed by atoms with Crippen LogP contribution in [0.2, 0.25) is 0 Å². The second-order valence-electron chi connectivity index (χ2n) is 29.8. The van der Waals surface area contributed by atoms with Gasteiger partial charge in [0, 0.05) is 25.7 Å². The topological polar surface area (TPSA) is 237 Å². The Morgan fingerprint density at radius 2 is 0.515 bits per heavy atom. The summed E-state index contributed by atoms with van der Waals surface area (Å²) in [6, 6.07) is 0. The predicted octanol–water partition coefficient (Wildman–Crippen LogP) is 23.7. The van der Waals surface area contributed by atoms with E-state index < -0.39 is 97.5 Å². The van der Waals surface area contributed by atoms with Gasteiger partial charge in [0.05, 0.1) is 26.4 Å². The van der Waals surface area contributed by atoms with Gasteiger partial charge in [0.1, 0.15) is 19.3 Å². The highest BCUT2D eigenvalue weighted by atomic mass is 31.2. The molecule has 588 valence electrons. The molecule has 3 N–H and O–H groups in total. The molecule has 4 unspecified atom stereocenters. The SMILES string of the molecule is CCCCCCCCCCCCCCCCC(=O)O[C@H](COC(=O)CCCCCCCCC(C)CC)COP(=O)(O)OC[C@H](O)COP(=O)(O)OC[C@@H](COC(=O)CCCCCCCCCCCCC(C)CC)OC(=O)CCCCCCCCCCCCCCCCCCCCC(C)C. The van der Waals surface area contributed by atoms with Gasteiger partial charge in [0.15, 0.2) is 12.2 Å². The summed E-state index contributed by atoms with van der Waals surface area (Å²) in [6.45, 7) is 12.0. The quantitative estimate of drug-likeness (QED) is 0.0222. The summed E-state index contributed by atoms with van der Waals surface area (Å²) in [5.41, 5.74) is 0. The van der Waals surface area contributed by atoms with E-state index in [9.17, 15) is 43.2 Å². The van der Waals surface area contributed by atoms with Crippen molar-refractivity contribution in [1.29, 1.82) is 0 Å². The normalized spacial score (nSPS) is 14.5. The summed E-state index contributed by atoms with van der Waals surface area (Å²) in [4.78, 5) is 73.0. The Balaban J connectivity index is 5.23. The lowest BCUT2D eigenvalue weighted by Gasteiger charge is -2.21. The van der Waals surface area contributed by atoms with Crippen molar-refractivity contribution >= 4 is 39.5 Å². The summed E-state index contributed by atoms with van der Waals surface area (Å²) in [6.07, 6.45) is 58.2. The Hall–Kier alpha value is -1.94. The van der Waals surface area contributed by atoms with Gasteiger partial charge in [-0.15, -0.1) is 0 Å². The van der Waals surface area contributed by atoms with Crippen LogP contribution >= 0.6 is 15.6 Å². The number of unbranched alkanes of at least 4 members (excludes halogenated alkanes) is 44. The predicted molar refractivity (Wildman–Crippen MR) is 405 cm³/mol. The fourth-order valence-electron chi connectivity index (χ4n) is 12.2. The van der Waals surface area contributed by atoms with E-state index in [4.69, 9.17) is 37.0 Å². The summed E-state index contributed by atoms with van der Waals surface area (Å²) in [7, 11) is -9.92. The van der Waals surface area contributed by atoms with Gasteiger partial charge in [-0.1, -0.05) is 363 Å². The van der Waals surface area contributed by atoms with Crippen LogP contribution in [-0.2, 0) is 65.4 Å². The molecule has 0 saturated carbocycles. The number of aliphatic hydroxyl groups is 1. The lowest BCUT2D eigenvalue weighted by atomic mass is 9.99. The number of rotatable bonds is 78. The van der Waals surface area contributed by atoms with Gasteiger partial charge < -0.3 is 33.8 Å². The molecule has 0 aromatic rings. The van der Waals surface area contributed by atoms with Crippen LogP contribution in [0.1, 0.15) is 414 Å². The molecular weight excluding hydrogens is 1290 g/mol. The molecule has 0 aliphatic rings. The summed E-state index contributed by atoms with van der Waals surface area (Å²) >= 11 is 0. The van der Waals surface area contributed by atoms with Crippen molar-refractivity contribution in [3.63, 3.8) is 0 Å². The highest BCUT2D eigenvalue weighted by molar-refractivity contribution is 7.47. The highest BCUT2D eigenvalue weighted by Gasteiger charge is 2.30. The van der Waals surface area contributed by atoms with Crippen LogP contribution in [0.4, 0.5) is 0 Å². The number of hydrogen-bond acceptors (Lipinski definition) is 15. The van der Waals surface area contributed by atoms with E-state index in [0.29, 0.717) is 25.7 Å². The Labute approximate surface area is 607 Å². The van der Waals surface area contributed by atoms with E-state index in [2.05, 4.69) is 48.5 Å². The zero-order valence-electron chi connectivity index (χ0n) is 65.0. The zero-order chi connectivity index (χ0) is 73.0. The number of carbonyl (C=O) groups is 4. The number of hydrogen-bond donors (Lipinski definition) is 3. The molecule has 0 heterocycles. The average molecular weight is 1450 g/mol. The van der Waals surface area contributed by atoms with Crippen molar-refractivity contribution in [2.75, 3.05) is 39.6 Å². The number of ether oxygens (including phenoxy) is 4. The zero-order valence-corrected chi connectivity index (χ0v) is 66.8. The van der Waals surface area contributed by atoms with Gasteiger partial charge in [-0.25, -0.2) is 9.13 Å². The maximum atomic E-state index is 13.1. The molecule has 0 bridgehead atoms. The van der Waals surface area contributed by atoms with Gasteiger partial charge in [-0.2, -0.15) is 0 Å². The standard InChI is InChI=1S/C80H156O17P2/c1-8-11-12-13-14-15-16-17-25-28-35-40-49-56-63-80(85)97-76(68-91-78(83)62-55-48-43-42-46-53-60-73(7)10-3)70-95-99(88,89)93-66-74(81)65-92-98(86,87)94-69-75(67-90-77(82)61-54-47-39-34-31-30-33-38-45-52-59-72(6)9-2)96-79(84)64-57-50-41-36-29-26-23-21-19-18-20-22-24-27-32-37-44-51-58-71(4)5/h71-76,81H,8-70H2,1-7H3,(H,86,87)(H,88,89)/t72?,73?,74-,75-,76-/m1/s1. The maximum absolute atomic E-state index is 13.1. The average Bonchev–Trinajstić information content (AvgIpc) is 0.987. The van der Waals surface area contributed by atoms with E-state index in [0.717, 1.165) is 114 Å². The van der Waals surface area contributed by atoms with E-state index >= 15 is 0 Å². The molecule has 0 aromatic heterocycles. The minimum Gasteiger partial charge on any atom is -0.462 e. The van der Waals surface area contributed by atoms with Crippen LogP contribution in [0.15, 0.2) is 0 Å². The van der Waals surface area contributed by atoms with Crippen molar-refractivity contribution in [1.82, 2.24) is 0 Å². The van der Waals surface area contributed by atoms with Gasteiger partial charge in [-0.3, -0.25) is 37.3 Å². The lowest BCUT2D eigenvalue weighted by Crippen LogP contribution is -2.30. The summed E-state index contributed by atoms with van der Waals surface area (Å²) < 4.78 is 68.7. The number of esters is 4. The Morgan fingerprint density at radius 3 is 0.768 bits per heavy atom. The molecule has 0 saturated heterocycles. The molecular formula is C80H156O17P2. The van der Waals surface area contributed by atoms with Crippen LogP contribution in [0, 0.1) is 17.8 Å². The lowest BCUT2D eigenvalue weighted by molar-refractivity contribution is -0.161. The molecule has 0 aliphatic carbocycles. The third kappa shape index (κ3) is 71.5. The van der Waals surface area contributed by atoms with Crippen LogP contribution < -0.4 is 0 Å². The maximum Gasteiger partial charge on any atom is 0.472 e. The fourth-order valence-corrected chi connectivity index (χ4v) is 13.8. The smallest absolute Gasteiger partial charge is 0.462 e. The number of carbonyl (C=O) groups excluding carboxylic acids is 4. The first-order valence-electron chi connectivity index (χ1n) is 41.4. The van der Waals surface area contributed by atoms with Crippen molar-refractivity contribution in [2.45, 2.75) is 433 Å². The van der Waals surface area contributed by atoms with Crippen LogP contribution in [0.25, 0.3) is 0 Å². The second-order valence-corrected chi connectivity index (χ2v) is 32.7. The largest absolute Gasteiger partial charge is 0.472 e. The van der Waals surface area contributed by atoms with Crippen molar-refractivity contribution in [2.24, 2.45) is 17.8 Å². The van der Waals surface area contributed by atoms with Crippen molar-refractivity contribution in [3.8, 4) is 0 Å². The van der Waals surface area contributed by atoms with E-state index in [1.54, 1.807) is 0 Å². The first-order chi connectivity index (χ1) is 47.8. The van der Waals surface area contributed by atoms with Crippen LogP contribution in [0.3, 0.4) is 0 Å². The van der Waals surface area contributed by atoms with Gasteiger partial charge in [0.25, 0.3) is 0 Å². The van der Waals surface area contributed by atoms with Crippen LogP contribution in [0.5, 0.6) is 0 Å². The molecule has 99 heavy (non-hydrogen) atoms. The van der Waals surface area contributed by atoms with Crippen molar-refractivity contribution < 1.29 is 80.2 Å². The molecule has 0 fully saturated rings. The Bertz CT molecular complexity index is 1930. The second kappa shape index (κ2) is 70.4. The van der Waals surface area contributed by atoms with Crippen molar-refractivity contribution in [3.05, 3.63) is 0 Å². The summed E-state index contributed by atoms with van der Waals surface area (Å²) in [5, 5.41) is 10.6. The number of aliphatic hydroxyl groups excluding tert-OH is 1. The molecule has 7 atom stereocenters. The monoisotopic (exact) mass is 1450 g/mol. The third-order valence-electron chi connectivity index (χ3n) is 19.4. The van der Waals surface area contributed by atoms with E-state index in [-0.39, 0.29) is 25.7 Å². The fraction of sp³-hybridized carbons (Fsp3) is 0.950. The van der Waals surface area contributed by atoms with Gasteiger partial charge in [0.2, 0.25) is 0 Å². The van der Waals surface area contributed by atoms with E-state index in [1.807, 2.05) is 0 Å². The van der Waals surface area contributed by atoms with Gasteiger partial charge >= 0.3 is 39.5 Å². The molecule has 19 heteroatoms. The molecule has 0 rings (SSSR count). The third-order valence-corrected chi connectivity index (χ3v) is 21.3. The Kier molecular flexibility index (Phi) is 69.0. The van der Waals surface area contributed by atoms with E-state index in [1.165, 1.54) is 218 Å². The molecule has 0 spiro atoms. The highest BCUT2D eigenvalue weighted by Crippen LogP contribution is 2.45. The van der Waals surface area contributed by atoms with Crippen LogP contribution in [-0.4, -0.2) is 96.7 Å². The molecule has 0 aliphatic heterocycles. The summed E-state index contributed by atoms with van der Waals surface area (Å²) in [5.74, 6) is 0.248. The number of phosphoric ester groups is 2. The first-order valence-corrected chi connectivity index (χ1v) is 44.4. The number of phosphoric acid groups is 2. The molecule has 0 radical (unpaired) electrons. The molecule has 0 amide bonds. The van der Waals surface area contributed by atoms with Gasteiger partial charge in [-0.05, 0) is 43.4 Å². The Morgan fingerprint density at radius 1 is 0.293 bits per heavy atom. The molecule has 0 aromatic carbocycles.